The summed E-state index contributed by atoms with van der Waals surface area (Å²) in [6.45, 7) is 5.19. The van der Waals surface area contributed by atoms with Crippen molar-refractivity contribution in [2.45, 2.75) is 37.2 Å². The van der Waals surface area contributed by atoms with E-state index in [1.807, 2.05) is 4.90 Å². The van der Waals surface area contributed by atoms with Crippen LogP contribution in [-0.4, -0.2) is 36.8 Å². The lowest BCUT2D eigenvalue weighted by Gasteiger charge is -2.46. The largest absolute Gasteiger partial charge is 0.496 e. The van der Waals surface area contributed by atoms with E-state index in [2.05, 4.69) is 6.92 Å². The molecule has 33 heavy (non-hydrogen) atoms. The molecule has 2 atom stereocenters. The molecular weight excluding hydrogens is 448 g/mol. The first-order chi connectivity index (χ1) is 15.4. The third-order valence-corrected chi connectivity index (χ3v) is 6.13. The van der Waals surface area contributed by atoms with Crippen molar-refractivity contribution in [3.05, 3.63) is 71.6 Å². The Balaban J connectivity index is 2.14. The van der Waals surface area contributed by atoms with Crippen LogP contribution < -0.4 is 4.74 Å². The number of halogens is 6. The molecule has 0 amide bonds. The highest BCUT2D eigenvalue weighted by atomic mass is 19.4. The van der Waals surface area contributed by atoms with Gasteiger partial charge in [0.05, 0.1) is 23.8 Å². The second-order valence-electron chi connectivity index (χ2n) is 8.46. The van der Waals surface area contributed by atoms with E-state index in [9.17, 15) is 31.4 Å². The molecule has 1 aliphatic heterocycles. The fourth-order valence-electron chi connectivity index (χ4n) is 4.47. The summed E-state index contributed by atoms with van der Waals surface area (Å²) in [6, 6.07) is 8.46. The number of rotatable bonds is 6. The summed E-state index contributed by atoms with van der Waals surface area (Å²) in [4.78, 5) is 1.92. The van der Waals surface area contributed by atoms with E-state index in [1.54, 1.807) is 24.3 Å². The monoisotopic (exact) mass is 474 g/mol. The van der Waals surface area contributed by atoms with Gasteiger partial charge in [0.15, 0.2) is 0 Å². The third kappa shape index (κ3) is 5.63. The first-order valence-electron chi connectivity index (χ1n) is 10.5. The van der Waals surface area contributed by atoms with Gasteiger partial charge in [-0.2, -0.15) is 26.3 Å². The fourth-order valence-corrected chi connectivity index (χ4v) is 4.47. The van der Waals surface area contributed by atoms with Crippen molar-refractivity contribution in [1.29, 1.82) is 0 Å². The lowest BCUT2D eigenvalue weighted by atomic mass is 9.80. The second-order valence-corrected chi connectivity index (χ2v) is 8.46. The fraction of sp³-hybridized carbons (Fsp3) is 0.458. The van der Waals surface area contributed by atoms with Crippen LogP contribution in [0.3, 0.4) is 0 Å². The van der Waals surface area contributed by atoms with Crippen LogP contribution >= 0.6 is 0 Å². The zero-order valence-corrected chi connectivity index (χ0v) is 18.1. The van der Waals surface area contributed by atoms with E-state index < -0.39 is 29.0 Å². The van der Waals surface area contributed by atoms with Crippen molar-refractivity contribution in [2.75, 3.05) is 26.8 Å². The minimum Gasteiger partial charge on any atom is -0.496 e. The van der Waals surface area contributed by atoms with E-state index in [-0.39, 0.29) is 30.6 Å². The van der Waals surface area contributed by atoms with Crippen LogP contribution in [-0.2, 0) is 24.3 Å². The molecule has 181 valence electrons. The number of para-hydroxylation sites is 1. The summed E-state index contributed by atoms with van der Waals surface area (Å²) < 4.78 is 86.0. The molecule has 9 heteroatoms. The number of alkyl halides is 6. The normalized spacial score (nSPS) is 19.8. The number of nitrogens with zero attached hydrogens (tertiary/aromatic N) is 1. The molecule has 0 bridgehead atoms. The number of hydrogen-bond acceptors (Lipinski definition) is 3. The van der Waals surface area contributed by atoms with Crippen molar-refractivity contribution in [3.8, 4) is 5.75 Å². The molecule has 1 aliphatic rings. The maximum Gasteiger partial charge on any atom is 0.416 e. The highest BCUT2D eigenvalue weighted by Gasteiger charge is 2.41. The van der Waals surface area contributed by atoms with Gasteiger partial charge in [0, 0.05) is 18.7 Å². The summed E-state index contributed by atoms with van der Waals surface area (Å²) in [7, 11) is 1.44. The molecule has 0 aliphatic carbocycles. The van der Waals surface area contributed by atoms with E-state index in [4.69, 9.17) is 4.74 Å². The predicted octanol–water partition coefficient (Wildman–Crippen LogP) is 5.71. The highest BCUT2D eigenvalue weighted by molar-refractivity contribution is 5.43. The molecule has 1 radical (unpaired) electrons. The topological polar surface area (TPSA) is 32.7 Å². The molecule has 2 aromatic rings. The van der Waals surface area contributed by atoms with Gasteiger partial charge in [0.25, 0.3) is 0 Å². The summed E-state index contributed by atoms with van der Waals surface area (Å²) >= 11 is 0. The average Bonchev–Trinajstić information content (AvgIpc) is 2.77. The van der Waals surface area contributed by atoms with Gasteiger partial charge < -0.3 is 9.84 Å². The van der Waals surface area contributed by atoms with Crippen molar-refractivity contribution in [1.82, 2.24) is 4.90 Å². The van der Waals surface area contributed by atoms with Crippen LogP contribution in [0.2, 0.25) is 0 Å². The molecule has 0 aromatic heterocycles. The number of aliphatic hydroxyl groups excluding tert-OH is 1. The molecule has 0 spiro atoms. The summed E-state index contributed by atoms with van der Waals surface area (Å²) in [5.74, 6) is 0.364. The smallest absolute Gasteiger partial charge is 0.416 e. The Morgan fingerprint density at radius 2 is 1.64 bits per heavy atom. The van der Waals surface area contributed by atoms with Gasteiger partial charge in [-0.15, -0.1) is 0 Å². The number of ether oxygens (including phenoxy) is 1. The Labute approximate surface area is 189 Å². The first-order valence-corrected chi connectivity index (χ1v) is 10.5. The molecule has 1 N–H and O–H groups in total. The number of aliphatic hydroxyl groups is 1. The number of hydrogen-bond donors (Lipinski definition) is 1. The molecule has 1 fully saturated rings. The number of likely N-dealkylation sites (tertiary alicyclic amines) is 1. The molecule has 0 saturated carbocycles. The van der Waals surface area contributed by atoms with Crippen molar-refractivity contribution < 1.29 is 36.2 Å². The number of piperidine rings is 1. The van der Waals surface area contributed by atoms with Gasteiger partial charge in [-0.1, -0.05) is 18.2 Å². The van der Waals surface area contributed by atoms with Crippen LogP contribution in [0.1, 0.15) is 35.1 Å². The quantitative estimate of drug-likeness (QED) is 0.545. The maximum atomic E-state index is 13.4. The molecule has 2 unspecified atom stereocenters. The third-order valence-electron chi connectivity index (χ3n) is 6.13. The lowest BCUT2D eigenvalue weighted by Crippen LogP contribution is -2.51. The Hall–Kier alpha value is -2.26. The Morgan fingerprint density at radius 3 is 2.18 bits per heavy atom. The van der Waals surface area contributed by atoms with Gasteiger partial charge in [-0.25, -0.2) is 0 Å². The minimum atomic E-state index is -4.93. The Morgan fingerprint density at radius 1 is 1.03 bits per heavy atom. The number of benzene rings is 2. The summed E-state index contributed by atoms with van der Waals surface area (Å²) in [6.07, 6.45) is -8.59. The maximum absolute atomic E-state index is 13.4. The molecule has 2 aromatic carbocycles. The van der Waals surface area contributed by atoms with Crippen LogP contribution in [0.4, 0.5) is 26.3 Å². The van der Waals surface area contributed by atoms with Gasteiger partial charge in [0.1, 0.15) is 5.75 Å². The first kappa shape index (κ1) is 25.4. The predicted molar refractivity (Wildman–Crippen MR) is 112 cm³/mol. The molecule has 1 heterocycles. The van der Waals surface area contributed by atoms with E-state index in [0.29, 0.717) is 30.8 Å². The van der Waals surface area contributed by atoms with Gasteiger partial charge in [0.2, 0.25) is 0 Å². The van der Waals surface area contributed by atoms with Gasteiger partial charge in [-0.05, 0) is 68.5 Å². The molecule has 1 saturated heterocycles. The molecule has 3 nitrogen and oxygen atoms in total. The van der Waals surface area contributed by atoms with Gasteiger partial charge in [-0.3, -0.25) is 4.90 Å². The summed E-state index contributed by atoms with van der Waals surface area (Å²) in [5.41, 5.74) is -3.52. The minimum absolute atomic E-state index is 0.0678. The second kappa shape index (κ2) is 9.54. The van der Waals surface area contributed by atoms with Crippen LogP contribution in [0.25, 0.3) is 0 Å². The Kier molecular flexibility index (Phi) is 7.33. The Bertz CT molecular complexity index is 926. The van der Waals surface area contributed by atoms with Crippen LogP contribution in [0, 0.1) is 12.8 Å². The SMILES string of the molecule is [CH2]C(Cc1cc(C(F)(F)F)cc(C(F)(F)F)c1)(c1ccccc1OC)N1CCCC(CO)C1. The van der Waals surface area contributed by atoms with Crippen molar-refractivity contribution in [2.24, 2.45) is 5.92 Å². The van der Waals surface area contributed by atoms with Crippen molar-refractivity contribution in [3.63, 3.8) is 0 Å². The zero-order chi connectivity index (χ0) is 24.4. The zero-order valence-electron chi connectivity index (χ0n) is 18.1. The molecule has 3 rings (SSSR count). The lowest BCUT2D eigenvalue weighted by molar-refractivity contribution is -0.143. The molecular formula is C24H26F6NO2. The van der Waals surface area contributed by atoms with E-state index in [0.717, 1.165) is 18.6 Å². The van der Waals surface area contributed by atoms with Crippen LogP contribution in [0.5, 0.6) is 5.75 Å². The van der Waals surface area contributed by atoms with Crippen LogP contribution in [0.15, 0.2) is 42.5 Å². The van der Waals surface area contributed by atoms with Gasteiger partial charge >= 0.3 is 12.4 Å². The standard InChI is InChI=1S/C24H26F6NO2/c1-22(20-7-3-4-8-21(20)33-2,31-9-5-6-16(14-31)15-32)13-17-10-18(23(25,26)27)12-19(11-17)24(28,29)30/h3-4,7-8,10-12,16,32H,1,5-6,9,13-15H2,2H3. The van der Waals surface area contributed by atoms with E-state index >= 15 is 0 Å². The summed E-state index contributed by atoms with van der Waals surface area (Å²) in [5, 5.41) is 9.67. The highest BCUT2D eigenvalue weighted by Crippen LogP contribution is 2.42. The van der Waals surface area contributed by atoms with E-state index in [1.165, 1.54) is 7.11 Å². The number of methoxy groups -OCH3 is 1. The van der Waals surface area contributed by atoms with Crippen molar-refractivity contribution >= 4 is 0 Å². The average molecular weight is 474 g/mol.